The van der Waals surface area contributed by atoms with E-state index in [1.54, 1.807) is 0 Å². The molecule has 0 spiro atoms. The van der Waals surface area contributed by atoms with Crippen molar-refractivity contribution in [3.8, 4) is 0 Å². The lowest BCUT2D eigenvalue weighted by molar-refractivity contribution is 0.104. The van der Waals surface area contributed by atoms with Crippen molar-refractivity contribution < 1.29 is 0 Å². The van der Waals surface area contributed by atoms with Gasteiger partial charge in [0.2, 0.25) is 0 Å². The summed E-state index contributed by atoms with van der Waals surface area (Å²) in [5.41, 5.74) is 0. The third-order valence-electron chi connectivity index (χ3n) is 3.51. The Bertz CT molecular complexity index is 174. The smallest absolute Gasteiger partial charge is 0.00204 e. The molecule has 1 heteroatoms. The highest BCUT2D eigenvalue weighted by Gasteiger charge is 2.36. The van der Waals surface area contributed by atoms with Crippen molar-refractivity contribution in [3.05, 3.63) is 12.2 Å². The zero-order chi connectivity index (χ0) is 10.4. The van der Waals surface area contributed by atoms with Gasteiger partial charge in [-0.25, -0.2) is 0 Å². The van der Waals surface area contributed by atoms with Crippen molar-refractivity contribution >= 4 is 0 Å². The van der Waals surface area contributed by atoms with Crippen LogP contribution in [0.2, 0.25) is 0 Å². The standard InChI is InChI=1S/C13H25N/c1-4-6-7-8-11-9-12(10-14-3)13(11)5-2/h7-8,11-14H,4-6,9-10H2,1-3H3. The van der Waals surface area contributed by atoms with Crippen LogP contribution < -0.4 is 5.32 Å². The molecule has 3 unspecified atom stereocenters. The predicted molar refractivity (Wildman–Crippen MR) is 63.4 cm³/mol. The van der Waals surface area contributed by atoms with E-state index in [4.69, 9.17) is 0 Å². The SMILES string of the molecule is CCCC=CC1CC(CNC)C1CC. The fraction of sp³-hybridized carbons (Fsp3) is 0.846. The summed E-state index contributed by atoms with van der Waals surface area (Å²) in [7, 11) is 2.06. The van der Waals surface area contributed by atoms with Gasteiger partial charge in [-0.1, -0.05) is 38.8 Å². The normalized spacial score (nSPS) is 32.1. The third kappa shape index (κ3) is 2.84. The summed E-state index contributed by atoms with van der Waals surface area (Å²) in [6, 6.07) is 0. The van der Waals surface area contributed by atoms with Crippen LogP contribution in [-0.2, 0) is 0 Å². The van der Waals surface area contributed by atoms with Crippen molar-refractivity contribution in [2.75, 3.05) is 13.6 Å². The average Bonchev–Trinajstić information content (AvgIpc) is 2.16. The summed E-state index contributed by atoms with van der Waals surface area (Å²) in [5.74, 6) is 2.75. The van der Waals surface area contributed by atoms with E-state index in [-0.39, 0.29) is 0 Å². The molecule has 0 amide bonds. The molecule has 3 atom stereocenters. The largest absolute Gasteiger partial charge is 0.319 e. The molecule has 1 saturated carbocycles. The van der Waals surface area contributed by atoms with Crippen LogP contribution in [0.4, 0.5) is 0 Å². The fourth-order valence-corrected chi connectivity index (χ4v) is 2.64. The third-order valence-corrected chi connectivity index (χ3v) is 3.51. The van der Waals surface area contributed by atoms with E-state index < -0.39 is 0 Å². The summed E-state index contributed by atoms with van der Waals surface area (Å²) in [6.07, 6.45) is 10.1. The number of hydrogen-bond donors (Lipinski definition) is 1. The number of hydrogen-bond acceptors (Lipinski definition) is 1. The summed E-state index contributed by atoms with van der Waals surface area (Å²) in [5, 5.41) is 3.30. The molecular weight excluding hydrogens is 170 g/mol. The van der Waals surface area contributed by atoms with Crippen LogP contribution in [0, 0.1) is 17.8 Å². The quantitative estimate of drug-likeness (QED) is 0.642. The Morgan fingerprint density at radius 1 is 1.36 bits per heavy atom. The molecule has 0 aromatic carbocycles. The Morgan fingerprint density at radius 2 is 2.14 bits per heavy atom. The Hall–Kier alpha value is -0.300. The Labute approximate surface area is 89.0 Å². The molecule has 0 radical (unpaired) electrons. The topological polar surface area (TPSA) is 12.0 Å². The minimum absolute atomic E-state index is 0.880. The fourth-order valence-electron chi connectivity index (χ4n) is 2.64. The van der Waals surface area contributed by atoms with E-state index in [9.17, 15) is 0 Å². The summed E-state index contributed by atoms with van der Waals surface area (Å²) in [6.45, 7) is 5.77. The first kappa shape index (κ1) is 11.8. The predicted octanol–water partition coefficient (Wildman–Crippen LogP) is 3.22. The van der Waals surface area contributed by atoms with Crippen LogP contribution >= 0.6 is 0 Å². The highest BCUT2D eigenvalue weighted by molar-refractivity contribution is 5.01. The van der Waals surface area contributed by atoms with E-state index >= 15 is 0 Å². The van der Waals surface area contributed by atoms with Gasteiger partial charge in [-0.05, 0) is 44.2 Å². The highest BCUT2D eigenvalue weighted by atomic mass is 14.8. The molecule has 1 nitrogen and oxygen atoms in total. The van der Waals surface area contributed by atoms with Crippen molar-refractivity contribution in [2.45, 2.75) is 39.5 Å². The Balaban J connectivity index is 2.29. The maximum absolute atomic E-state index is 3.30. The minimum Gasteiger partial charge on any atom is -0.319 e. The molecule has 0 bridgehead atoms. The second kappa shape index (κ2) is 6.23. The highest BCUT2D eigenvalue weighted by Crippen LogP contribution is 2.43. The van der Waals surface area contributed by atoms with E-state index in [0.717, 1.165) is 17.8 Å². The molecule has 1 fully saturated rings. The average molecular weight is 195 g/mol. The van der Waals surface area contributed by atoms with Gasteiger partial charge in [-0.15, -0.1) is 0 Å². The number of unbranched alkanes of at least 4 members (excludes halogenated alkanes) is 1. The van der Waals surface area contributed by atoms with E-state index in [1.807, 2.05) is 0 Å². The molecule has 0 aliphatic heterocycles. The van der Waals surface area contributed by atoms with Gasteiger partial charge in [0.1, 0.15) is 0 Å². The van der Waals surface area contributed by atoms with Gasteiger partial charge in [0, 0.05) is 0 Å². The maximum atomic E-state index is 3.30. The van der Waals surface area contributed by atoms with Crippen molar-refractivity contribution in [3.63, 3.8) is 0 Å². The van der Waals surface area contributed by atoms with Gasteiger partial charge in [0.05, 0.1) is 0 Å². The molecule has 0 aromatic rings. The van der Waals surface area contributed by atoms with Crippen LogP contribution in [-0.4, -0.2) is 13.6 Å². The number of rotatable bonds is 6. The molecule has 1 aliphatic rings. The zero-order valence-electron chi connectivity index (χ0n) is 9.92. The van der Waals surface area contributed by atoms with E-state index in [1.165, 1.54) is 32.2 Å². The molecule has 0 heterocycles. The van der Waals surface area contributed by atoms with Gasteiger partial charge in [-0.2, -0.15) is 0 Å². The number of nitrogens with one attached hydrogen (secondary N) is 1. The second-order valence-electron chi connectivity index (χ2n) is 4.51. The summed E-state index contributed by atoms with van der Waals surface area (Å²) < 4.78 is 0. The molecule has 0 saturated heterocycles. The lowest BCUT2D eigenvalue weighted by atomic mass is 9.63. The Kier molecular flexibility index (Phi) is 5.24. The van der Waals surface area contributed by atoms with Crippen LogP contribution in [0.3, 0.4) is 0 Å². The van der Waals surface area contributed by atoms with Crippen molar-refractivity contribution in [2.24, 2.45) is 17.8 Å². The first-order valence-corrected chi connectivity index (χ1v) is 6.14. The van der Waals surface area contributed by atoms with Gasteiger partial charge >= 0.3 is 0 Å². The lowest BCUT2D eigenvalue weighted by Crippen LogP contribution is -2.40. The van der Waals surface area contributed by atoms with Gasteiger partial charge < -0.3 is 5.32 Å². The Morgan fingerprint density at radius 3 is 2.71 bits per heavy atom. The first-order chi connectivity index (χ1) is 6.83. The van der Waals surface area contributed by atoms with Gasteiger partial charge in [0.15, 0.2) is 0 Å². The lowest BCUT2D eigenvalue weighted by Gasteiger charge is -2.43. The molecule has 1 rings (SSSR count). The molecule has 1 aliphatic carbocycles. The van der Waals surface area contributed by atoms with Crippen LogP contribution in [0.15, 0.2) is 12.2 Å². The van der Waals surface area contributed by atoms with E-state index in [2.05, 4.69) is 38.4 Å². The monoisotopic (exact) mass is 195 g/mol. The molecule has 1 N–H and O–H groups in total. The maximum Gasteiger partial charge on any atom is -0.00204 e. The molecule has 0 aromatic heterocycles. The first-order valence-electron chi connectivity index (χ1n) is 6.14. The number of allylic oxidation sites excluding steroid dienone is 2. The van der Waals surface area contributed by atoms with Crippen molar-refractivity contribution in [1.29, 1.82) is 0 Å². The van der Waals surface area contributed by atoms with Gasteiger partial charge in [0.25, 0.3) is 0 Å². The zero-order valence-corrected chi connectivity index (χ0v) is 9.92. The molecular formula is C13H25N. The van der Waals surface area contributed by atoms with Gasteiger partial charge in [-0.3, -0.25) is 0 Å². The summed E-state index contributed by atoms with van der Waals surface area (Å²) >= 11 is 0. The van der Waals surface area contributed by atoms with Crippen LogP contribution in [0.1, 0.15) is 39.5 Å². The second-order valence-corrected chi connectivity index (χ2v) is 4.51. The van der Waals surface area contributed by atoms with Crippen LogP contribution in [0.25, 0.3) is 0 Å². The van der Waals surface area contributed by atoms with Crippen LogP contribution in [0.5, 0.6) is 0 Å². The summed E-state index contributed by atoms with van der Waals surface area (Å²) in [4.78, 5) is 0. The molecule has 14 heavy (non-hydrogen) atoms. The minimum atomic E-state index is 0.880. The molecule has 82 valence electrons. The van der Waals surface area contributed by atoms with E-state index in [0.29, 0.717) is 0 Å². The van der Waals surface area contributed by atoms with Crippen molar-refractivity contribution in [1.82, 2.24) is 5.32 Å².